The van der Waals surface area contributed by atoms with Gasteiger partial charge in [-0.3, -0.25) is 9.59 Å². The van der Waals surface area contributed by atoms with Crippen molar-refractivity contribution in [3.05, 3.63) is 47.8 Å². The van der Waals surface area contributed by atoms with Crippen molar-refractivity contribution in [3.63, 3.8) is 0 Å². The summed E-state index contributed by atoms with van der Waals surface area (Å²) in [5.41, 5.74) is 0.0811. The molecule has 0 spiro atoms. The third-order valence-corrected chi connectivity index (χ3v) is 7.64. The summed E-state index contributed by atoms with van der Waals surface area (Å²) < 4.78 is 99.2. The molecule has 2 unspecified atom stereocenters. The molecular weight excluding hydrogens is 610 g/mol. The number of carbonyl (C=O) groups excluding carboxylic acids is 2. The molecule has 4 atom stereocenters. The Balaban J connectivity index is 1.51. The Morgan fingerprint density at radius 2 is 1.33 bits per heavy atom. The molecule has 2 aromatic rings. The molecule has 0 amide bonds. The summed E-state index contributed by atoms with van der Waals surface area (Å²) in [5.74, 6) is -4.61. The number of Topliss-reactive ketones (excluding diaryl/α,β-unsaturated/α-hetero) is 2. The molecule has 0 aliphatic heterocycles. The highest BCUT2D eigenvalue weighted by atomic mass is 19.4. The lowest BCUT2D eigenvalue weighted by Gasteiger charge is -2.31. The Morgan fingerprint density at radius 3 is 1.89 bits per heavy atom. The van der Waals surface area contributed by atoms with Crippen molar-refractivity contribution < 1.29 is 50.1 Å². The predicted octanol–water partition coefficient (Wildman–Crippen LogP) is 6.56. The number of carbonyl (C=O) groups is 2. The SMILES string of the molecule is C=CC[C@@H](C)c1cc(OC2CCC(=O)CC2OC[C@H](C)c2cc(OC3CCC(=O)CC3)nc(C(F)(F)F)n2)nc(C(F)(F)F)n1. The van der Waals surface area contributed by atoms with Crippen molar-refractivity contribution in [2.75, 3.05) is 6.61 Å². The summed E-state index contributed by atoms with van der Waals surface area (Å²) in [6.07, 6.45) is -8.63. The van der Waals surface area contributed by atoms with E-state index in [1.165, 1.54) is 12.1 Å². The number of hydrogen-bond acceptors (Lipinski definition) is 9. The standard InChI is InChI=1S/C30H34F6N4O5/c1-4-5-16(2)21-13-26(40-27(37-21)29(31,32)33)45-23-11-8-19(42)12-24(23)43-15-17(3)22-14-25(39-28(38-22)30(34,35)36)44-20-9-6-18(41)7-10-20/h4,13-14,16-17,20,23-24H,1,5-12,15H2,2-3H3/t16-,17+,23?,24?/m1/s1. The van der Waals surface area contributed by atoms with E-state index in [-0.39, 0.29) is 73.4 Å². The Bertz CT molecular complexity index is 1380. The minimum Gasteiger partial charge on any atom is -0.474 e. The van der Waals surface area contributed by atoms with Gasteiger partial charge < -0.3 is 14.2 Å². The number of aromatic nitrogens is 4. The van der Waals surface area contributed by atoms with Gasteiger partial charge >= 0.3 is 12.4 Å². The smallest absolute Gasteiger partial charge is 0.451 e. The second-order valence-corrected chi connectivity index (χ2v) is 11.4. The molecule has 0 N–H and O–H groups in total. The van der Waals surface area contributed by atoms with E-state index in [1.54, 1.807) is 19.9 Å². The van der Waals surface area contributed by atoms with Crippen molar-refractivity contribution in [2.24, 2.45) is 0 Å². The molecule has 0 saturated heterocycles. The van der Waals surface area contributed by atoms with E-state index in [0.717, 1.165) is 0 Å². The molecule has 2 aliphatic carbocycles. The largest absolute Gasteiger partial charge is 0.474 e. The van der Waals surface area contributed by atoms with Gasteiger partial charge in [0.15, 0.2) is 0 Å². The highest BCUT2D eigenvalue weighted by Crippen LogP contribution is 2.34. The number of hydrogen-bond donors (Lipinski definition) is 0. The van der Waals surface area contributed by atoms with Gasteiger partial charge in [0.05, 0.1) is 18.0 Å². The summed E-state index contributed by atoms with van der Waals surface area (Å²) in [5, 5.41) is 0. The van der Waals surface area contributed by atoms with E-state index >= 15 is 0 Å². The van der Waals surface area contributed by atoms with Crippen LogP contribution in [0.15, 0.2) is 24.8 Å². The van der Waals surface area contributed by atoms with Gasteiger partial charge in [0.2, 0.25) is 23.4 Å². The first-order valence-corrected chi connectivity index (χ1v) is 14.6. The summed E-state index contributed by atoms with van der Waals surface area (Å²) in [7, 11) is 0. The van der Waals surface area contributed by atoms with E-state index in [2.05, 4.69) is 26.5 Å². The van der Waals surface area contributed by atoms with Crippen LogP contribution in [0.2, 0.25) is 0 Å². The molecule has 45 heavy (non-hydrogen) atoms. The Morgan fingerprint density at radius 1 is 0.800 bits per heavy atom. The first-order valence-electron chi connectivity index (χ1n) is 14.6. The van der Waals surface area contributed by atoms with E-state index < -0.39 is 54.1 Å². The molecule has 2 heterocycles. The van der Waals surface area contributed by atoms with E-state index in [1.807, 2.05) is 0 Å². The fraction of sp³-hybridized carbons (Fsp3) is 0.600. The zero-order valence-electron chi connectivity index (χ0n) is 24.8. The van der Waals surface area contributed by atoms with Gasteiger partial charge in [0.1, 0.15) is 29.9 Å². The topological polar surface area (TPSA) is 113 Å². The monoisotopic (exact) mass is 644 g/mol. The fourth-order valence-corrected chi connectivity index (χ4v) is 5.09. The average Bonchev–Trinajstić information content (AvgIpc) is 2.97. The van der Waals surface area contributed by atoms with Crippen molar-refractivity contribution in [1.82, 2.24) is 19.9 Å². The highest BCUT2D eigenvalue weighted by molar-refractivity contribution is 5.80. The molecule has 9 nitrogen and oxygen atoms in total. The quantitative estimate of drug-likeness (QED) is 0.198. The van der Waals surface area contributed by atoms with Crippen LogP contribution in [0.25, 0.3) is 0 Å². The van der Waals surface area contributed by atoms with Crippen molar-refractivity contribution >= 4 is 11.6 Å². The Labute approximate surface area is 255 Å². The van der Waals surface area contributed by atoms with E-state index in [4.69, 9.17) is 14.2 Å². The molecule has 2 fully saturated rings. The Hall–Kier alpha value is -3.62. The van der Waals surface area contributed by atoms with E-state index in [0.29, 0.717) is 19.3 Å². The first-order chi connectivity index (χ1) is 21.1. The summed E-state index contributed by atoms with van der Waals surface area (Å²) in [6.45, 7) is 6.67. The number of halogens is 6. The predicted molar refractivity (Wildman–Crippen MR) is 147 cm³/mol. The van der Waals surface area contributed by atoms with Crippen LogP contribution in [0, 0.1) is 0 Å². The summed E-state index contributed by atoms with van der Waals surface area (Å²) >= 11 is 0. The normalized spacial score (nSPS) is 21.3. The number of ketones is 2. The van der Waals surface area contributed by atoms with Crippen LogP contribution in [-0.4, -0.2) is 56.4 Å². The van der Waals surface area contributed by atoms with Gasteiger partial charge in [-0.05, 0) is 25.7 Å². The molecule has 2 aromatic heterocycles. The second-order valence-electron chi connectivity index (χ2n) is 11.4. The van der Waals surface area contributed by atoms with Crippen LogP contribution in [-0.2, 0) is 26.7 Å². The lowest BCUT2D eigenvalue weighted by Crippen LogP contribution is -2.41. The lowest BCUT2D eigenvalue weighted by atomic mass is 9.93. The minimum absolute atomic E-state index is 0.0229. The average molecular weight is 645 g/mol. The number of rotatable bonds is 11. The zero-order chi connectivity index (χ0) is 32.9. The number of alkyl halides is 6. The third-order valence-electron chi connectivity index (χ3n) is 7.64. The number of nitrogens with zero attached hydrogens (tertiary/aromatic N) is 4. The molecule has 246 valence electrons. The van der Waals surface area contributed by atoms with Crippen LogP contribution in [0.5, 0.6) is 11.8 Å². The van der Waals surface area contributed by atoms with Crippen LogP contribution in [0.1, 0.15) is 100 Å². The summed E-state index contributed by atoms with van der Waals surface area (Å²) in [4.78, 5) is 38.2. The molecular formula is C30H34F6N4O5. The number of allylic oxidation sites excluding steroid dienone is 1. The van der Waals surface area contributed by atoms with Gasteiger partial charge in [-0.15, -0.1) is 6.58 Å². The molecule has 0 bridgehead atoms. The number of ether oxygens (including phenoxy) is 3. The van der Waals surface area contributed by atoms with Gasteiger partial charge in [-0.2, -0.15) is 36.3 Å². The highest BCUT2D eigenvalue weighted by Gasteiger charge is 2.39. The van der Waals surface area contributed by atoms with Gasteiger partial charge in [-0.1, -0.05) is 19.9 Å². The summed E-state index contributed by atoms with van der Waals surface area (Å²) in [6, 6.07) is 2.59. The van der Waals surface area contributed by atoms with Crippen LogP contribution in [0.4, 0.5) is 26.3 Å². The molecule has 0 radical (unpaired) electrons. The second kappa shape index (κ2) is 14.2. The van der Waals surface area contributed by atoms with Gasteiger partial charge in [0, 0.05) is 49.7 Å². The first kappa shape index (κ1) is 34.3. The van der Waals surface area contributed by atoms with Crippen molar-refractivity contribution in [1.29, 1.82) is 0 Å². The molecule has 0 aromatic carbocycles. The maximum atomic E-state index is 13.6. The molecule has 2 aliphatic rings. The maximum absolute atomic E-state index is 13.6. The fourth-order valence-electron chi connectivity index (χ4n) is 5.09. The molecule has 4 rings (SSSR count). The van der Waals surface area contributed by atoms with Crippen LogP contribution in [0.3, 0.4) is 0 Å². The maximum Gasteiger partial charge on any atom is 0.451 e. The zero-order valence-corrected chi connectivity index (χ0v) is 24.8. The van der Waals surface area contributed by atoms with Crippen LogP contribution < -0.4 is 9.47 Å². The minimum atomic E-state index is -4.86. The van der Waals surface area contributed by atoms with Crippen molar-refractivity contribution in [3.8, 4) is 11.8 Å². The van der Waals surface area contributed by atoms with E-state index in [9.17, 15) is 35.9 Å². The van der Waals surface area contributed by atoms with Crippen LogP contribution >= 0.6 is 0 Å². The lowest BCUT2D eigenvalue weighted by molar-refractivity contribution is -0.146. The van der Waals surface area contributed by atoms with Crippen molar-refractivity contribution in [2.45, 2.75) is 108 Å². The molecule has 15 heteroatoms. The Kier molecular flexibility index (Phi) is 10.8. The molecule has 2 saturated carbocycles. The van der Waals surface area contributed by atoms with Gasteiger partial charge in [-0.25, -0.2) is 9.97 Å². The third kappa shape index (κ3) is 9.44. The van der Waals surface area contributed by atoms with Gasteiger partial charge in [0.25, 0.3) is 0 Å².